The van der Waals surface area contributed by atoms with Crippen molar-refractivity contribution in [3.05, 3.63) is 45.5 Å². The summed E-state index contributed by atoms with van der Waals surface area (Å²) in [5, 5.41) is 0.839. The number of fused-ring (bicyclic) bond motifs is 2. The maximum Gasteiger partial charge on any atom is 0.272 e. The third-order valence-corrected chi connectivity index (χ3v) is 8.61. The molecule has 1 aliphatic carbocycles. The number of likely N-dealkylation sites (tertiary alicyclic amines) is 1. The lowest BCUT2D eigenvalue weighted by Gasteiger charge is -2.37. The van der Waals surface area contributed by atoms with E-state index < -0.39 is 13.0 Å². The van der Waals surface area contributed by atoms with Crippen LogP contribution in [0.25, 0.3) is 33.3 Å². The number of imidazole rings is 1. The third kappa shape index (κ3) is 4.91. The second-order valence-corrected chi connectivity index (χ2v) is 11.5. The van der Waals surface area contributed by atoms with Crippen molar-refractivity contribution in [2.24, 2.45) is 5.92 Å². The number of piperidine rings is 1. The van der Waals surface area contributed by atoms with Gasteiger partial charge in [-0.15, -0.1) is 5.92 Å². The smallest absolute Gasteiger partial charge is 0.272 e. The number of H-pyrrole nitrogens is 3. The molecule has 3 aromatic heterocycles. The van der Waals surface area contributed by atoms with Crippen LogP contribution in [0.3, 0.4) is 0 Å². The largest absolute Gasteiger partial charge is 0.485 e. The molecular formula is C31H33F2N5O3. The van der Waals surface area contributed by atoms with Gasteiger partial charge in [0.05, 0.1) is 29.8 Å². The van der Waals surface area contributed by atoms with Crippen LogP contribution >= 0.6 is 0 Å². The molecule has 4 aromatic rings. The van der Waals surface area contributed by atoms with Crippen molar-refractivity contribution in [2.75, 3.05) is 39.5 Å². The number of benzene rings is 1. The minimum atomic E-state index is -2.61. The summed E-state index contributed by atoms with van der Waals surface area (Å²) >= 11 is 0. The SMILES string of the molecule is CC#Cc1c(C2CC2)[nH]c2c(-c3nc4c(OCC(F)F)c(C5CCN(CC6COC6)CC5)ccc4[nH]3)c(=O)[nH]cc12. The van der Waals surface area contributed by atoms with Gasteiger partial charge < -0.3 is 29.3 Å². The highest BCUT2D eigenvalue weighted by Crippen LogP contribution is 2.44. The first kappa shape index (κ1) is 26.2. The van der Waals surface area contributed by atoms with Crippen LogP contribution in [0.15, 0.2) is 23.1 Å². The maximum absolute atomic E-state index is 13.3. The fraction of sp³-hybridized carbons (Fsp3) is 0.484. The van der Waals surface area contributed by atoms with Gasteiger partial charge >= 0.3 is 0 Å². The van der Waals surface area contributed by atoms with Gasteiger partial charge in [-0.3, -0.25) is 4.79 Å². The number of pyridine rings is 1. The van der Waals surface area contributed by atoms with E-state index in [1.165, 1.54) is 0 Å². The van der Waals surface area contributed by atoms with Gasteiger partial charge in [-0.25, -0.2) is 13.8 Å². The molecule has 10 heteroatoms. The molecular weight excluding hydrogens is 528 g/mol. The van der Waals surface area contributed by atoms with Crippen LogP contribution in [-0.4, -0.2) is 70.7 Å². The zero-order valence-corrected chi connectivity index (χ0v) is 23.0. The molecule has 2 aliphatic heterocycles. The lowest BCUT2D eigenvalue weighted by atomic mass is 9.88. The Morgan fingerprint density at radius 1 is 1.15 bits per heavy atom. The van der Waals surface area contributed by atoms with Gasteiger partial charge in [-0.2, -0.15) is 0 Å². The summed E-state index contributed by atoms with van der Waals surface area (Å²) < 4.78 is 37.8. The lowest BCUT2D eigenvalue weighted by molar-refractivity contribution is -0.0487. The molecule has 41 heavy (non-hydrogen) atoms. The van der Waals surface area contributed by atoms with Gasteiger partial charge in [-0.1, -0.05) is 12.0 Å². The Balaban J connectivity index is 1.28. The number of alkyl halides is 2. The predicted molar refractivity (Wildman–Crippen MR) is 153 cm³/mol. The van der Waals surface area contributed by atoms with E-state index in [4.69, 9.17) is 14.5 Å². The van der Waals surface area contributed by atoms with E-state index >= 15 is 0 Å². The molecule has 3 aliphatic rings. The van der Waals surface area contributed by atoms with Crippen LogP contribution < -0.4 is 10.3 Å². The highest BCUT2D eigenvalue weighted by molar-refractivity contribution is 5.98. The number of rotatable bonds is 8. The molecule has 1 saturated carbocycles. The molecule has 0 radical (unpaired) electrons. The monoisotopic (exact) mass is 561 g/mol. The molecule has 214 valence electrons. The van der Waals surface area contributed by atoms with Crippen molar-refractivity contribution >= 4 is 21.9 Å². The maximum atomic E-state index is 13.3. The van der Waals surface area contributed by atoms with Crippen molar-refractivity contribution in [1.29, 1.82) is 0 Å². The van der Waals surface area contributed by atoms with Gasteiger partial charge in [0.1, 0.15) is 23.5 Å². The summed E-state index contributed by atoms with van der Waals surface area (Å²) in [6.07, 6.45) is 3.08. The molecule has 2 saturated heterocycles. The Morgan fingerprint density at radius 3 is 2.63 bits per heavy atom. The van der Waals surface area contributed by atoms with Crippen molar-refractivity contribution in [3.63, 3.8) is 0 Å². The Bertz CT molecular complexity index is 1710. The molecule has 5 heterocycles. The zero-order chi connectivity index (χ0) is 28.1. The normalized spacial score (nSPS) is 18.6. The first-order valence-corrected chi connectivity index (χ1v) is 14.4. The van der Waals surface area contributed by atoms with E-state index in [0.29, 0.717) is 45.5 Å². The molecule has 3 fully saturated rings. The minimum Gasteiger partial charge on any atom is -0.485 e. The minimum absolute atomic E-state index is 0.174. The molecule has 0 bridgehead atoms. The van der Waals surface area contributed by atoms with Gasteiger partial charge in [0.2, 0.25) is 0 Å². The third-order valence-electron chi connectivity index (χ3n) is 8.61. The summed E-state index contributed by atoms with van der Waals surface area (Å²) in [5.74, 6) is 8.13. The van der Waals surface area contributed by atoms with Crippen LogP contribution in [0.4, 0.5) is 8.78 Å². The molecule has 8 nitrogen and oxygen atoms in total. The molecule has 1 aromatic carbocycles. The van der Waals surface area contributed by atoms with E-state index in [1.54, 1.807) is 13.1 Å². The number of halogens is 2. The van der Waals surface area contributed by atoms with Crippen LogP contribution in [0.2, 0.25) is 0 Å². The van der Waals surface area contributed by atoms with E-state index in [-0.39, 0.29) is 11.5 Å². The number of nitrogens with zero attached hydrogens (tertiary/aromatic N) is 2. The molecule has 3 N–H and O–H groups in total. The zero-order valence-electron chi connectivity index (χ0n) is 23.0. The second-order valence-electron chi connectivity index (χ2n) is 11.5. The van der Waals surface area contributed by atoms with E-state index in [1.807, 2.05) is 12.1 Å². The van der Waals surface area contributed by atoms with E-state index in [9.17, 15) is 13.6 Å². The quantitative estimate of drug-likeness (QED) is 0.260. The van der Waals surface area contributed by atoms with Crippen molar-refractivity contribution < 1.29 is 18.3 Å². The topological polar surface area (TPSA) is 99.0 Å². The van der Waals surface area contributed by atoms with Crippen LogP contribution in [0.5, 0.6) is 5.75 Å². The Morgan fingerprint density at radius 2 is 1.95 bits per heavy atom. The van der Waals surface area contributed by atoms with Gasteiger partial charge in [0.15, 0.2) is 5.75 Å². The Kier molecular flexibility index (Phi) is 6.79. The van der Waals surface area contributed by atoms with Crippen molar-refractivity contribution in [1.82, 2.24) is 24.8 Å². The number of nitrogens with one attached hydrogen (secondary N) is 3. The van der Waals surface area contributed by atoms with Gasteiger partial charge in [-0.05, 0) is 63.2 Å². The Hall–Kier alpha value is -3.68. The van der Waals surface area contributed by atoms with E-state index in [0.717, 1.165) is 80.7 Å². The van der Waals surface area contributed by atoms with Crippen LogP contribution in [0.1, 0.15) is 61.3 Å². The predicted octanol–water partition coefficient (Wildman–Crippen LogP) is 5.12. The van der Waals surface area contributed by atoms with Gasteiger partial charge in [0, 0.05) is 35.7 Å². The van der Waals surface area contributed by atoms with Crippen LogP contribution in [-0.2, 0) is 4.74 Å². The number of ether oxygens (including phenoxy) is 2. The Labute approximate surface area is 235 Å². The highest BCUT2D eigenvalue weighted by Gasteiger charge is 2.31. The first-order chi connectivity index (χ1) is 20.0. The van der Waals surface area contributed by atoms with Gasteiger partial charge in [0.25, 0.3) is 12.0 Å². The summed E-state index contributed by atoms with van der Waals surface area (Å²) in [7, 11) is 0. The fourth-order valence-electron chi connectivity index (χ4n) is 6.35. The standard InChI is InChI=1S/C31H33F2N5O3/c1-2-3-21-22-12-34-31(39)25(27(22)36-26(21)19-4-5-19)30-35-23-7-6-20(29(28(23)37-30)41-16-24(32)33)18-8-10-38(11-9-18)13-17-14-40-15-17/h6-7,12,17-19,24,36H,4-5,8-11,13-16H2,1H3,(H,34,39)(H,35,37). The summed E-state index contributed by atoms with van der Waals surface area (Å²) in [6.45, 7) is 5.66. The fourth-order valence-corrected chi connectivity index (χ4v) is 6.35. The summed E-state index contributed by atoms with van der Waals surface area (Å²) in [5.41, 5.74) is 4.69. The highest BCUT2D eigenvalue weighted by atomic mass is 19.3. The molecule has 0 spiro atoms. The van der Waals surface area contributed by atoms with Crippen LogP contribution in [0, 0.1) is 17.8 Å². The molecule has 0 atom stereocenters. The van der Waals surface area contributed by atoms with E-state index in [2.05, 4.69) is 31.7 Å². The summed E-state index contributed by atoms with van der Waals surface area (Å²) in [6, 6.07) is 3.88. The molecule has 0 amide bonds. The number of hydrogen-bond acceptors (Lipinski definition) is 5. The lowest BCUT2D eigenvalue weighted by Crippen LogP contribution is -2.42. The average Bonchev–Trinajstić information content (AvgIpc) is 3.60. The van der Waals surface area contributed by atoms with Crippen molar-refractivity contribution in [2.45, 2.75) is 50.9 Å². The average molecular weight is 562 g/mol. The number of aromatic nitrogens is 4. The molecule has 7 rings (SSSR count). The van der Waals surface area contributed by atoms with Crippen molar-refractivity contribution in [3.8, 4) is 29.0 Å². The summed E-state index contributed by atoms with van der Waals surface area (Å²) in [4.78, 5) is 30.1. The first-order valence-electron chi connectivity index (χ1n) is 14.4. The molecule has 0 unspecified atom stereocenters. The number of hydrogen-bond donors (Lipinski definition) is 3. The second kappa shape index (κ2) is 10.6. The number of aromatic amines is 3.